The molecule has 3 rings (SSSR count). The van der Waals surface area contributed by atoms with Crippen molar-refractivity contribution in [3.63, 3.8) is 0 Å². The van der Waals surface area contributed by atoms with Crippen LogP contribution in [-0.4, -0.2) is 55.7 Å². The van der Waals surface area contributed by atoms with Crippen molar-refractivity contribution in [1.29, 1.82) is 0 Å². The number of carbonyl (C=O) groups is 2. The number of hydrogen-bond acceptors (Lipinski definition) is 6. The van der Waals surface area contributed by atoms with Gasteiger partial charge in [0, 0.05) is 29.1 Å². The highest BCUT2D eigenvalue weighted by molar-refractivity contribution is 6.35. The highest BCUT2D eigenvalue weighted by atomic mass is 35.5. The Bertz CT molecular complexity index is 918. The van der Waals surface area contributed by atoms with Crippen LogP contribution in [0.4, 0.5) is 0 Å². The molecule has 3 atom stereocenters. The lowest BCUT2D eigenvalue weighted by atomic mass is 10.0. The van der Waals surface area contributed by atoms with Crippen molar-refractivity contribution in [1.82, 2.24) is 5.32 Å². The normalized spacial score (nSPS) is 18.8. The number of rotatable bonds is 10. The number of carboxylic acid groups (broad SMARTS) is 1. The Morgan fingerprint density at radius 2 is 1.84 bits per heavy atom. The predicted octanol–water partition coefficient (Wildman–Crippen LogP) is 3.07. The van der Waals surface area contributed by atoms with Crippen molar-refractivity contribution < 1.29 is 33.6 Å². The summed E-state index contributed by atoms with van der Waals surface area (Å²) in [5, 5.41) is 13.1. The lowest BCUT2D eigenvalue weighted by Gasteiger charge is -2.20. The van der Waals surface area contributed by atoms with Crippen molar-refractivity contribution in [3.8, 4) is 5.75 Å². The van der Waals surface area contributed by atoms with Crippen LogP contribution in [0, 0.1) is 0 Å². The molecule has 8 nitrogen and oxygen atoms in total. The van der Waals surface area contributed by atoms with Crippen molar-refractivity contribution in [2.45, 2.75) is 31.3 Å². The molecule has 0 aromatic heterocycles. The van der Waals surface area contributed by atoms with E-state index in [0.29, 0.717) is 26.9 Å². The third-order valence-corrected chi connectivity index (χ3v) is 5.59. The first-order chi connectivity index (χ1) is 15.4. The number of hydrogen-bond donors (Lipinski definition) is 2. The zero-order chi connectivity index (χ0) is 23.1. The number of halogens is 2. The van der Waals surface area contributed by atoms with Crippen LogP contribution in [0.15, 0.2) is 42.5 Å². The van der Waals surface area contributed by atoms with Crippen LogP contribution in [-0.2, 0) is 36.8 Å². The van der Waals surface area contributed by atoms with E-state index in [9.17, 15) is 14.7 Å². The molecule has 2 N–H and O–H groups in total. The third-order valence-electron chi connectivity index (χ3n) is 4.88. The van der Waals surface area contributed by atoms with Gasteiger partial charge in [0.15, 0.2) is 6.10 Å². The van der Waals surface area contributed by atoms with Crippen LogP contribution in [0.5, 0.6) is 5.75 Å². The van der Waals surface area contributed by atoms with E-state index < -0.39 is 30.1 Å². The monoisotopic (exact) mass is 483 g/mol. The van der Waals surface area contributed by atoms with E-state index in [2.05, 4.69) is 5.32 Å². The minimum Gasteiger partial charge on any atom is -0.489 e. The molecular formula is C22H23Cl2NO7. The molecule has 1 amide bonds. The van der Waals surface area contributed by atoms with Gasteiger partial charge in [0.05, 0.1) is 6.61 Å². The molecule has 0 aliphatic carbocycles. The molecule has 1 aliphatic rings. The van der Waals surface area contributed by atoms with Crippen molar-refractivity contribution >= 4 is 35.1 Å². The topological polar surface area (TPSA) is 103 Å². The molecule has 1 aliphatic heterocycles. The fourth-order valence-electron chi connectivity index (χ4n) is 3.18. The molecule has 2 aromatic rings. The lowest BCUT2D eigenvalue weighted by molar-refractivity contribution is -0.143. The summed E-state index contributed by atoms with van der Waals surface area (Å²) in [5.74, 6) is -1.15. The largest absolute Gasteiger partial charge is 0.489 e. The number of nitrogens with one attached hydrogen (secondary N) is 1. The lowest BCUT2D eigenvalue weighted by Crippen LogP contribution is -2.49. The SMILES string of the molecule is COC[C@@H]1OCO[C@H]1C(=O)N[C@@H](Cc1ccc(OCc2c(Cl)cccc2Cl)cc1)C(=O)O. The van der Waals surface area contributed by atoms with Gasteiger partial charge in [0.25, 0.3) is 5.91 Å². The summed E-state index contributed by atoms with van der Waals surface area (Å²) in [6.45, 7) is 0.305. The van der Waals surface area contributed by atoms with Gasteiger partial charge in [0.1, 0.15) is 31.3 Å². The van der Waals surface area contributed by atoms with Gasteiger partial charge in [-0.3, -0.25) is 4.79 Å². The van der Waals surface area contributed by atoms with Crippen LogP contribution in [0.25, 0.3) is 0 Å². The number of carbonyl (C=O) groups excluding carboxylic acids is 1. The highest BCUT2D eigenvalue weighted by Crippen LogP contribution is 2.26. The minimum atomic E-state index is -1.16. The Labute approximate surface area is 195 Å². The Kier molecular flexibility index (Phi) is 8.72. The van der Waals surface area contributed by atoms with E-state index in [4.69, 9.17) is 42.1 Å². The summed E-state index contributed by atoms with van der Waals surface area (Å²) in [4.78, 5) is 24.2. The van der Waals surface area contributed by atoms with Crippen LogP contribution in [0.2, 0.25) is 10.0 Å². The molecular weight excluding hydrogens is 461 g/mol. The molecule has 0 spiro atoms. The minimum absolute atomic E-state index is 0.0509. The smallest absolute Gasteiger partial charge is 0.326 e. The number of benzene rings is 2. The molecule has 0 bridgehead atoms. The average Bonchev–Trinajstić information content (AvgIpc) is 3.22. The second-order valence-electron chi connectivity index (χ2n) is 7.10. The third kappa shape index (κ3) is 6.34. The molecule has 0 unspecified atom stereocenters. The van der Waals surface area contributed by atoms with Gasteiger partial charge in [-0.15, -0.1) is 0 Å². The molecule has 0 radical (unpaired) electrons. The predicted molar refractivity (Wildman–Crippen MR) is 117 cm³/mol. The van der Waals surface area contributed by atoms with Crippen LogP contribution in [0.3, 0.4) is 0 Å². The Morgan fingerprint density at radius 1 is 1.16 bits per heavy atom. The van der Waals surface area contributed by atoms with Gasteiger partial charge < -0.3 is 29.4 Å². The first kappa shape index (κ1) is 24.3. The number of aliphatic carboxylic acids is 1. The maximum Gasteiger partial charge on any atom is 0.326 e. The van der Waals surface area contributed by atoms with Gasteiger partial charge in [-0.1, -0.05) is 41.4 Å². The number of ether oxygens (including phenoxy) is 4. The fourth-order valence-corrected chi connectivity index (χ4v) is 3.68. The standard InChI is InChI=1S/C22H23Cl2NO7/c1-29-11-19-20(32-12-31-19)21(26)25-18(22(27)28)9-13-5-7-14(8-6-13)30-10-15-16(23)3-2-4-17(15)24/h2-8,18-20H,9-12H2,1H3,(H,25,26)(H,27,28)/t18-,19-,20+/m0/s1. The summed E-state index contributed by atoms with van der Waals surface area (Å²) in [7, 11) is 1.48. The second-order valence-corrected chi connectivity index (χ2v) is 7.92. The first-order valence-corrected chi connectivity index (χ1v) is 10.5. The molecule has 2 aromatic carbocycles. The average molecular weight is 484 g/mol. The second kappa shape index (κ2) is 11.5. The summed E-state index contributed by atoms with van der Waals surface area (Å²) in [6.07, 6.45) is -1.43. The van der Waals surface area contributed by atoms with Crippen molar-refractivity contribution in [3.05, 3.63) is 63.6 Å². The van der Waals surface area contributed by atoms with E-state index in [-0.39, 0.29) is 26.4 Å². The van der Waals surface area contributed by atoms with E-state index >= 15 is 0 Å². The molecule has 172 valence electrons. The molecule has 10 heteroatoms. The summed E-state index contributed by atoms with van der Waals surface area (Å²) < 4.78 is 21.3. The van der Waals surface area contributed by atoms with E-state index in [1.54, 1.807) is 42.5 Å². The summed E-state index contributed by atoms with van der Waals surface area (Å²) >= 11 is 12.3. The van der Waals surface area contributed by atoms with Gasteiger partial charge >= 0.3 is 5.97 Å². The Hall–Kier alpha value is -2.36. The van der Waals surface area contributed by atoms with E-state index in [0.717, 1.165) is 0 Å². The van der Waals surface area contributed by atoms with Gasteiger partial charge in [-0.25, -0.2) is 4.79 Å². The van der Waals surface area contributed by atoms with Gasteiger partial charge in [-0.2, -0.15) is 0 Å². The molecule has 32 heavy (non-hydrogen) atoms. The molecule has 1 fully saturated rings. The molecule has 1 heterocycles. The zero-order valence-electron chi connectivity index (χ0n) is 17.3. The maximum absolute atomic E-state index is 12.5. The van der Waals surface area contributed by atoms with Crippen molar-refractivity contribution in [2.24, 2.45) is 0 Å². The number of amides is 1. The Morgan fingerprint density at radius 3 is 2.47 bits per heavy atom. The Balaban J connectivity index is 1.58. The van der Waals surface area contributed by atoms with Crippen LogP contribution in [0.1, 0.15) is 11.1 Å². The zero-order valence-corrected chi connectivity index (χ0v) is 18.8. The molecule has 1 saturated heterocycles. The van der Waals surface area contributed by atoms with E-state index in [1.807, 2.05) is 0 Å². The highest BCUT2D eigenvalue weighted by Gasteiger charge is 2.37. The van der Waals surface area contributed by atoms with Crippen LogP contribution < -0.4 is 10.1 Å². The maximum atomic E-state index is 12.5. The quantitative estimate of drug-likeness (QED) is 0.534. The number of methoxy groups -OCH3 is 1. The van der Waals surface area contributed by atoms with Gasteiger partial charge in [0.2, 0.25) is 0 Å². The summed E-state index contributed by atoms with van der Waals surface area (Å²) in [6, 6.07) is 11.0. The number of carboxylic acids is 1. The van der Waals surface area contributed by atoms with Gasteiger partial charge in [-0.05, 0) is 29.8 Å². The van der Waals surface area contributed by atoms with Crippen LogP contribution >= 0.6 is 23.2 Å². The van der Waals surface area contributed by atoms with E-state index in [1.165, 1.54) is 7.11 Å². The first-order valence-electron chi connectivity index (χ1n) is 9.79. The van der Waals surface area contributed by atoms with Crippen molar-refractivity contribution in [2.75, 3.05) is 20.5 Å². The summed E-state index contributed by atoms with van der Waals surface area (Å²) in [5.41, 5.74) is 1.39. The molecule has 0 saturated carbocycles. The fraction of sp³-hybridized carbons (Fsp3) is 0.364.